The molecule has 12 heteroatoms. The first-order valence-electron chi connectivity index (χ1n) is 4.07. The first-order chi connectivity index (χ1) is 7.23. The molecular formula is C5H13O9P3. The van der Waals surface area contributed by atoms with Crippen molar-refractivity contribution in [3.05, 3.63) is 11.4 Å². The number of rotatable bonds is 5. The van der Waals surface area contributed by atoms with Crippen LogP contribution < -0.4 is 0 Å². The predicted molar refractivity (Wildman–Crippen MR) is 58.3 cm³/mol. The zero-order chi connectivity index (χ0) is 14.1. The summed E-state index contributed by atoms with van der Waals surface area (Å²) in [6.07, 6.45) is -0.806. The van der Waals surface area contributed by atoms with Crippen LogP contribution in [0.4, 0.5) is 0 Å². The fourth-order valence-corrected chi connectivity index (χ4v) is 4.36. The fraction of sp³-hybridized carbons (Fsp3) is 0.600. The number of hydrogen-bond acceptors (Lipinski definition) is 3. The van der Waals surface area contributed by atoms with Crippen molar-refractivity contribution in [2.75, 3.05) is 0 Å². The summed E-state index contributed by atoms with van der Waals surface area (Å²) in [4.78, 5) is 52.1. The molecule has 0 rings (SSSR count). The van der Waals surface area contributed by atoms with E-state index in [4.69, 9.17) is 29.4 Å². The van der Waals surface area contributed by atoms with Crippen LogP contribution in [-0.4, -0.2) is 34.8 Å². The van der Waals surface area contributed by atoms with E-state index in [9.17, 15) is 13.7 Å². The number of allylic oxidation sites excluding steroid dienone is 1. The highest BCUT2D eigenvalue weighted by atomic mass is 31.2. The Morgan fingerprint density at radius 2 is 1.35 bits per heavy atom. The highest BCUT2D eigenvalue weighted by Gasteiger charge is 2.43. The topological polar surface area (TPSA) is 173 Å². The molecule has 0 unspecified atom stereocenters. The van der Waals surface area contributed by atoms with Gasteiger partial charge in [-0.15, -0.1) is 0 Å². The van der Waals surface area contributed by atoms with Crippen LogP contribution in [0.1, 0.15) is 13.3 Å². The monoisotopic (exact) mass is 310 g/mol. The lowest BCUT2D eigenvalue weighted by Crippen LogP contribution is -2.09. The molecule has 0 saturated heterocycles. The molecule has 0 radical (unpaired) electrons. The van der Waals surface area contributed by atoms with E-state index in [0.717, 1.165) is 6.92 Å². The Morgan fingerprint density at radius 1 is 1.00 bits per heavy atom. The zero-order valence-electron chi connectivity index (χ0n) is 8.61. The summed E-state index contributed by atoms with van der Waals surface area (Å²) in [5.74, 6) is 0.408. The smallest absolute Gasteiger partial charge is 0.324 e. The van der Waals surface area contributed by atoms with Gasteiger partial charge in [0.05, 0.1) is 0 Å². The minimum absolute atomic E-state index is 0.213. The maximum absolute atomic E-state index is 10.9. The van der Waals surface area contributed by atoms with E-state index in [-0.39, 0.29) is 5.57 Å². The predicted octanol–water partition coefficient (Wildman–Crippen LogP) is 0.139. The van der Waals surface area contributed by atoms with Crippen LogP contribution >= 0.6 is 22.8 Å². The van der Waals surface area contributed by atoms with Crippen molar-refractivity contribution in [1.29, 1.82) is 0 Å². The Hall–Kier alpha value is 0.190. The summed E-state index contributed by atoms with van der Waals surface area (Å²) in [6, 6.07) is 0. The van der Waals surface area contributed by atoms with Crippen molar-refractivity contribution >= 4 is 22.8 Å². The molecule has 0 fully saturated rings. The Kier molecular flexibility index (Phi) is 5.51. The van der Waals surface area contributed by atoms with Crippen molar-refractivity contribution in [3.8, 4) is 0 Å². The minimum Gasteiger partial charge on any atom is -0.324 e. The van der Waals surface area contributed by atoms with Crippen molar-refractivity contribution in [3.63, 3.8) is 0 Å². The second-order valence-corrected chi connectivity index (χ2v) is 8.87. The van der Waals surface area contributed by atoms with Gasteiger partial charge in [0.25, 0.3) is 0 Å². The third-order valence-electron chi connectivity index (χ3n) is 1.67. The normalized spacial score (nSPS) is 15.4. The lowest BCUT2D eigenvalue weighted by atomic mass is 10.3. The van der Waals surface area contributed by atoms with Crippen LogP contribution in [-0.2, 0) is 13.7 Å². The van der Waals surface area contributed by atoms with E-state index in [1.165, 1.54) is 0 Å². The van der Waals surface area contributed by atoms with Gasteiger partial charge in [-0.1, -0.05) is 5.57 Å². The Morgan fingerprint density at radius 3 is 1.59 bits per heavy atom. The molecule has 0 atom stereocenters. The molecule has 0 bridgehead atoms. The van der Waals surface area contributed by atoms with Crippen LogP contribution in [0.15, 0.2) is 11.4 Å². The summed E-state index contributed by atoms with van der Waals surface area (Å²) in [5.41, 5.74) is -0.213. The van der Waals surface area contributed by atoms with Crippen LogP contribution in [0.5, 0.6) is 0 Å². The minimum atomic E-state index is -5.07. The van der Waals surface area contributed by atoms with Crippen molar-refractivity contribution in [2.24, 2.45) is 0 Å². The molecule has 0 aromatic heterocycles. The summed E-state index contributed by atoms with van der Waals surface area (Å²) < 4.78 is 32.3. The lowest BCUT2D eigenvalue weighted by molar-refractivity contribution is 0.337. The van der Waals surface area contributed by atoms with Gasteiger partial charge in [0.15, 0.2) is 5.40 Å². The van der Waals surface area contributed by atoms with Crippen molar-refractivity contribution in [2.45, 2.75) is 18.7 Å². The molecule has 0 saturated carbocycles. The zero-order valence-corrected chi connectivity index (χ0v) is 11.3. The second kappa shape index (κ2) is 5.45. The van der Waals surface area contributed by atoms with E-state index in [2.05, 4.69) is 0 Å². The third kappa shape index (κ3) is 7.26. The maximum atomic E-state index is 10.9. The van der Waals surface area contributed by atoms with E-state index in [1.807, 2.05) is 0 Å². The molecule has 0 heterocycles. The van der Waals surface area contributed by atoms with Gasteiger partial charge in [-0.3, -0.25) is 13.7 Å². The SMILES string of the molecule is C/C(=C\P(=O)(O)O)CC(P(=O)(O)O)P(=O)(O)O. The van der Waals surface area contributed by atoms with Crippen LogP contribution in [0.3, 0.4) is 0 Å². The maximum Gasteiger partial charge on any atom is 0.349 e. The van der Waals surface area contributed by atoms with Gasteiger partial charge in [-0.05, 0) is 13.3 Å². The van der Waals surface area contributed by atoms with E-state index >= 15 is 0 Å². The molecule has 0 aromatic carbocycles. The van der Waals surface area contributed by atoms with Gasteiger partial charge >= 0.3 is 22.8 Å². The van der Waals surface area contributed by atoms with Gasteiger partial charge in [0.1, 0.15) is 0 Å². The molecule has 0 spiro atoms. The molecule has 9 nitrogen and oxygen atoms in total. The molecule has 0 aliphatic carbocycles. The highest BCUT2D eigenvalue weighted by Crippen LogP contribution is 2.62. The van der Waals surface area contributed by atoms with Crippen LogP contribution in [0.2, 0.25) is 0 Å². The van der Waals surface area contributed by atoms with Crippen molar-refractivity contribution < 1.29 is 43.1 Å². The summed E-state index contributed by atoms with van der Waals surface area (Å²) >= 11 is 0. The summed E-state index contributed by atoms with van der Waals surface area (Å²) in [6.45, 7) is 1.11. The third-order valence-corrected chi connectivity index (χ3v) is 6.17. The molecule has 6 N–H and O–H groups in total. The second-order valence-electron chi connectivity index (χ2n) is 3.43. The van der Waals surface area contributed by atoms with Crippen LogP contribution in [0, 0.1) is 0 Å². The van der Waals surface area contributed by atoms with E-state index in [0.29, 0.717) is 5.82 Å². The first-order valence-corrected chi connectivity index (χ1v) is 9.12. The molecular weight excluding hydrogens is 297 g/mol. The Balaban J connectivity index is 5.20. The van der Waals surface area contributed by atoms with Gasteiger partial charge in [-0.25, -0.2) is 0 Å². The van der Waals surface area contributed by atoms with Gasteiger partial charge in [-0.2, -0.15) is 0 Å². The van der Waals surface area contributed by atoms with Gasteiger partial charge in [0, 0.05) is 5.82 Å². The molecule has 0 aliphatic heterocycles. The average molecular weight is 310 g/mol. The fourth-order valence-electron chi connectivity index (χ4n) is 1.06. The van der Waals surface area contributed by atoms with E-state index in [1.54, 1.807) is 0 Å². The Labute approximate surface area is 96.7 Å². The van der Waals surface area contributed by atoms with Gasteiger partial charge < -0.3 is 29.4 Å². The van der Waals surface area contributed by atoms with Gasteiger partial charge in [0.2, 0.25) is 0 Å². The molecule has 0 aliphatic rings. The highest BCUT2D eigenvalue weighted by molar-refractivity contribution is 7.70. The first kappa shape index (κ1) is 17.2. The standard InChI is InChI=1S/C5H13O9P3/c1-4(3-15(6,7)8)2-5(16(9,10)11)17(12,13)14/h3,5H,2H2,1H3,(H2,6,7,8)(H2,9,10,11)(H2,12,13,14)/b4-3+. The van der Waals surface area contributed by atoms with Crippen molar-refractivity contribution in [1.82, 2.24) is 0 Å². The lowest BCUT2D eigenvalue weighted by Gasteiger charge is -2.19. The molecule has 17 heavy (non-hydrogen) atoms. The largest absolute Gasteiger partial charge is 0.349 e. The van der Waals surface area contributed by atoms with Crippen LogP contribution in [0.25, 0.3) is 0 Å². The summed E-state index contributed by atoms with van der Waals surface area (Å²) in [7, 11) is -14.7. The molecule has 0 aromatic rings. The quantitative estimate of drug-likeness (QED) is 0.386. The molecule has 0 amide bonds. The number of hydrogen-bond donors (Lipinski definition) is 6. The van der Waals surface area contributed by atoms with E-state index < -0.39 is 34.6 Å². The Bertz CT molecular complexity index is 414. The molecule has 102 valence electrons. The average Bonchev–Trinajstić information content (AvgIpc) is 1.91. The summed E-state index contributed by atoms with van der Waals surface area (Å²) in [5, 5.41) is -2.29.